The average Bonchev–Trinajstić information content (AvgIpc) is 2.69. The van der Waals surface area contributed by atoms with Crippen LogP contribution in [-0.4, -0.2) is 0 Å². The highest BCUT2D eigenvalue weighted by atomic mass is 14.4. The summed E-state index contributed by atoms with van der Waals surface area (Å²) in [5, 5.41) is 0. The lowest BCUT2D eigenvalue weighted by Gasteiger charge is -2.38. The summed E-state index contributed by atoms with van der Waals surface area (Å²) < 4.78 is 0. The molecule has 0 N–H and O–H groups in total. The van der Waals surface area contributed by atoms with Crippen LogP contribution in [0.1, 0.15) is 102 Å². The minimum atomic E-state index is 0.998. The third kappa shape index (κ3) is 5.86. The fraction of sp³-hybridized carbons (Fsp3) is 0.769. The van der Waals surface area contributed by atoms with Gasteiger partial charge in [-0.15, -0.1) is 0 Å². The van der Waals surface area contributed by atoms with Crippen molar-refractivity contribution in [2.75, 3.05) is 0 Å². The molecule has 2 aliphatic rings. The molecule has 0 aromatic heterocycles. The fourth-order valence-electron chi connectivity index (χ4n) is 5.84. The highest BCUT2D eigenvalue weighted by Gasteiger charge is 2.30. The van der Waals surface area contributed by atoms with Crippen molar-refractivity contribution >= 4 is 0 Å². The molecule has 0 heterocycles. The number of hydrogen-bond donors (Lipinski definition) is 0. The van der Waals surface area contributed by atoms with Gasteiger partial charge in [0.15, 0.2) is 0 Å². The van der Waals surface area contributed by atoms with Crippen LogP contribution in [0.5, 0.6) is 0 Å². The van der Waals surface area contributed by atoms with Crippen molar-refractivity contribution in [1.29, 1.82) is 0 Å². The Morgan fingerprint density at radius 3 is 1.50 bits per heavy atom. The Hall–Kier alpha value is -0.780. The standard InChI is InChI=1S/C26H42/c1-3-5-21-7-9-23(10-8-21)11-12-24-15-19-26(20-16-24)25-17-13-22(6-4-2)14-18-25/h7-10,22,24-26H,3-6,11-20H2,1-2H3. The molecule has 0 radical (unpaired) electrons. The average molecular weight is 355 g/mol. The van der Waals surface area contributed by atoms with Gasteiger partial charge in [0, 0.05) is 0 Å². The van der Waals surface area contributed by atoms with Gasteiger partial charge in [-0.05, 0) is 79.7 Å². The first-order valence-corrected chi connectivity index (χ1v) is 11.9. The monoisotopic (exact) mass is 354 g/mol. The Labute approximate surface area is 163 Å². The Morgan fingerprint density at radius 1 is 0.577 bits per heavy atom. The van der Waals surface area contributed by atoms with Gasteiger partial charge in [-0.1, -0.05) is 83.1 Å². The number of aryl methyl sites for hydroxylation is 2. The summed E-state index contributed by atoms with van der Waals surface area (Å²) in [4.78, 5) is 0. The highest BCUT2D eigenvalue weighted by Crippen LogP contribution is 2.42. The minimum Gasteiger partial charge on any atom is -0.0654 e. The third-order valence-electron chi connectivity index (χ3n) is 7.55. The molecule has 0 nitrogen and oxygen atoms in total. The predicted molar refractivity (Wildman–Crippen MR) is 115 cm³/mol. The van der Waals surface area contributed by atoms with E-state index in [2.05, 4.69) is 38.1 Å². The zero-order valence-electron chi connectivity index (χ0n) is 17.5. The third-order valence-corrected chi connectivity index (χ3v) is 7.55. The second kappa shape index (κ2) is 10.5. The smallest absolute Gasteiger partial charge is 0.0276 e. The zero-order chi connectivity index (χ0) is 18.2. The SMILES string of the molecule is CCCc1ccc(CCC2CCC(C3CCC(CCC)CC3)CC2)cc1. The Balaban J connectivity index is 1.35. The van der Waals surface area contributed by atoms with Crippen LogP contribution in [0.2, 0.25) is 0 Å². The van der Waals surface area contributed by atoms with Gasteiger partial charge in [0.1, 0.15) is 0 Å². The molecule has 26 heavy (non-hydrogen) atoms. The van der Waals surface area contributed by atoms with Gasteiger partial charge in [0.05, 0.1) is 0 Å². The number of hydrogen-bond acceptors (Lipinski definition) is 0. The second-order valence-electron chi connectivity index (χ2n) is 9.46. The van der Waals surface area contributed by atoms with Gasteiger partial charge >= 0.3 is 0 Å². The summed E-state index contributed by atoms with van der Waals surface area (Å²) in [6.07, 6.45) is 20.3. The van der Waals surface area contributed by atoms with Gasteiger partial charge in [-0.25, -0.2) is 0 Å². The molecule has 3 rings (SSSR count). The summed E-state index contributed by atoms with van der Waals surface area (Å²) in [7, 11) is 0. The van der Waals surface area contributed by atoms with Crippen LogP contribution in [0.25, 0.3) is 0 Å². The van der Waals surface area contributed by atoms with E-state index in [-0.39, 0.29) is 0 Å². The van der Waals surface area contributed by atoms with Crippen molar-refractivity contribution in [3.8, 4) is 0 Å². The van der Waals surface area contributed by atoms with E-state index >= 15 is 0 Å². The topological polar surface area (TPSA) is 0 Å². The maximum absolute atomic E-state index is 2.38. The maximum Gasteiger partial charge on any atom is -0.0276 e. The molecule has 0 amide bonds. The molecule has 2 aliphatic carbocycles. The first-order valence-electron chi connectivity index (χ1n) is 11.9. The lowest BCUT2D eigenvalue weighted by atomic mass is 9.68. The van der Waals surface area contributed by atoms with Gasteiger partial charge in [-0.3, -0.25) is 0 Å². The molecular weight excluding hydrogens is 312 g/mol. The van der Waals surface area contributed by atoms with Crippen molar-refractivity contribution in [2.24, 2.45) is 23.7 Å². The highest BCUT2D eigenvalue weighted by molar-refractivity contribution is 5.22. The number of benzene rings is 1. The molecule has 0 aliphatic heterocycles. The van der Waals surface area contributed by atoms with Crippen LogP contribution < -0.4 is 0 Å². The summed E-state index contributed by atoms with van der Waals surface area (Å²) >= 11 is 0. The van der Waals surface area contributed by atoms with E-state index in [1.807, 2.05) is 0 Å². The van der Waals surface area contributed by atoms with Crippen LogP contribution in [0.3, 0.4) is 0 Å². The first kappa shape index (κ1) is 20.0. The molecule has 2 saturated carbocycles. The van der Waals surface area contributed by atoms with E-state index in [4.69, 9.17) is 0 Å². The van der Waals surface area contributed by atoms with Crippen LogP contribution in [0, 0.1) is 23.7 Å². The van der Waals surface area contributed by atoms with E-state index < -0.39 is 0 Å². The largest absolute Gasteiger partial charge is 0.0654 e. The lowest BCUT2D eigenvalue weighted by molar-refractivity contribution is 0.141. The fourth-order valence-corrected chi connectivity index (χ4v) is 5.84. The maximum atomic E-state index is 2.38. The quantitative estimate of drug-likeness (QED) is 0.444. The molecule has 0 heteroatoms. The normalized spacial score (nSPS) is 29.6. The van der Waals surface area contributed by atoms with Crippen molar-refractivity contribution in [3.63, 3.8) is 0 Å². The first-order chi connectivity index (χ1) is 12.8. The Bertz CT molecular complexity index is 483. The van der Waals surface area contributed by atoms with Crippen molar-refractivity contribution in [1.82, 2.24) is 0 Å². The van der Waals surface area contributed by atoms with Gasteiger partial charge in [0.2, 0.25) is 0 Å². The van der Waals surface area contributed by atoms with E-state index in [1.54, 1.807) is 18.4 Å². The Kier molecular flexibility index (Phi) is 8.08. The molecule has 0 atom stereocenters. The summed E-state index contributed by atoms with van der Waals surface area (Å²) in [5.74, 6) is 4.21. The lowest BCUT2D eigenvalue weighted by Crippen LogP contribution is -2.26. The van der Waals surface area contributed by atoms with E-state index in [1.165, 1.54) is 82.6 Å². The van der Waals surface area contributed by atoms with E-state index in [0.29, 0.717) is 0 Å². The molecule has 0 saturated heterocycles. The summed E-state index contributed by atoms with van der Waals surface area (Å²) in [5.41, 5.74) is 3.06. The second-order valence-corrected chi connectivity index (χ2v) is 9.46. The van der Waals surface area contributed by atoms with Gasteiger partial charge in [0.25, 0.3) is 0 Å². The molecule has 0 bridgehead atoms. The van der Waals surface area contributed by atoms with Gasteiger partial charge in [-0.2, -0.15) is 0 Å². The predicted octanol–water partition coefficient (Wildman–Crippen LogP) is 7.98. The molecule has 0 unspecified atom stereocenters. The summed E-state index contributed by atoms with van der Waals surface area (Å²) in [6.45, 7) is 4.62. The van der Waals surface area contributed by atoms with Gasteiger partial charge < -0.3 is 0 Å². The minimum absolute atomic E-state index is 0.998. The van der Waals surface area contributed by atoms with E-state index in [9.17, 15) is 0 Å². The van der Waals surface area contributed by atoms with Crippen LogP contribution >= 0.6 is 0 Å². The zero-order valence-corrected chi connectivity index (χ0v) is 17.5. The van der Waals surface area contributed by atoms with Crippen molar-refractivity contribution in [2.45, 2.75) is 104 Å². The van der Waals surface area contributed by atoms with Crippen molar-refractivity contribution < 1.29 is 0 Å². The molecule has 0 spiro atoms. The Morgan fingerprint density at radius 2 is 1.04 bits per heavy atom. The molecule has 1 aromatic carbocycles. The molecular formula is C26H42. The molecule has 146 valence electrons. The molecule has 1 aromatic rings. The van der Waals surface area contributed by atoms with Crippen LogP contribution in [0.15, 0.2) is 24.3 Å². The number of rotatable bonds is 8. The van der Waals surface area contributed by atoms with Crippen LogP contribution in [0.4, 0.5) is 0 Å². The van der Waals surface area contributed by atoms with E-state index in [0.717, 1.165) is 23.7 Å². The van der Waals surface area contributed by atoms with Crippen LogP contribution in [-0.2, 0) is 12.8 Å². The summed E-state index contributed by atoms with van der Waals surface area (Å²) in [6, 6.07) is 9.46. The molecule has 2 fully saturated rings. The van der Waals surface area contributed by atoms with Crippen molar-refractivity contribution in [3.05, 3.63) is 35.4 Å².